The molecule has 0 aromatic carbocycles. The highest BCUT2D eigenvalue weighted by Gasteiger charge is 2.40. The largest absolute Gasteiger partial charge is 0.405 e. The lowest BCUT2D eigenvalue weighted by Crippen LogP contribution is -2.48. The van der Waals surface area contributed by atoms with Crippen molar-refractivity contribution in [1.29, 1.82) is 5.26 Å². The molecule has 2 aliphatic rings. The molecule has 162 valence electrons. The van der Waals surface area contributed by atoms with Gasteiger partial charge in [0.2, 0.25) is 5.91 Å². The summed E-state index contributed by atoms with van der Waals surface area (Å²) in [6.45, 7) is -0.940. The summed E-state index contributed by atoms with van der Waals surface area (Å²) in [5, 5.41) is 15.0. The summed E-state index contributed by atoms with van der Waals surface area (Å²) in [5.74, 6) is 0.375. The number of nitrogens with zero attached hydrogens (tertiary/aromatic N) is 5. The Morgan fingerprint density at radius 3 is 2.94 bits per heavy atom. The lowest BCUT2D eigenvalue weighted by atomic mass is 10.0. The number of fused-ring (bicyclic) bond motifs is 1. The Morgan fingerprint density at radius 2 is 2.19 bits per heavy atom. The minimum Gasteiger partial charge on any atom is -0.369 e. The fourth-order valence-corrected chi connectivity index (χ4v) is 4.07. The van der Waals surface area contributed by atoms with Crippen LogP contribution in [0.5, 0.6) is 0 Å². The van der Waals surface area contributed by atoms with Crippen LogP contribution in [-0.2, 0) is 4.79 Å². The molecular weight excluding hydrogens is 435 g/mol. The maximum atomic E-state index is 12.5. The monoisotopic (exact) mass is 451 g/mol. The number of pyridine rings is 1. The number of carbonyl (C=O) groups excluding carboxylic acids is 1. The molecular formula is C19H17ClF3N7O. The van der Waals surface area contributed by atoms with Crippen LogP contribution >= 0.6 is 11.6 Å². The fraction of sp³-hybridized carbons (Fsp3) is 0.421. The van der Waals surface area contributed by atoms with E-state index in [1.54, 1.807) is 12.1 Å². The molecule has 1 saturated heterocycles. The van der Waals surface area contributed by atoms with Gasteiger partial charge in [-0.3, -0.25) is 4.79 Å². The SMILES string of the molecule is N#C[C@@H]1CC[C@H](C(=O)NCC(F)(F)F)N1c1ccnc(C2CNc3ncc(Cl)cc32)n1. The summed E-state index contributed by atoms with van der Waals surface area (Å²) in [4.78, 5) is 27.0. The molecule has 1 unspecified atom stereocenters. The lowest BCUT2D eigenvalue weighted by molar-refractivity contribution is -0.139. The van der Waals surface area contributed by atoms with E-state index in [-0.39, 0.29) is 12.3 Å². The Bertz CT molecular complexity index is 1040. The number of aromatic nitrogens is 3. The average molecular weight is 452 g/mol. The number of amides is 1. The lowest BCUT2D eigenvalue weighted by Gasteiger charge is -2.28. The molecule has 2 aromatic heterocycles. The second kappa shape index (κ2) is 8.19. The molecule has 0 bridgehead atoms. The van der Waals surface area contributed by atoms with Crippen molar-refractivity contribution in [1.82, 2.24) is 20.3 Å². The van der Waals surface area contributed by atoms with Gasteiger partial charge in [-0.1, -0.05) is 11.6 Å². The molecule has 3 atom stereocenters. The van der Waals surface area contributed by atoms with Gasteiger partial charge in [0.1, 0.15) is 36.1 Å². The van der Waals surface area contributed by atoms with Gasteiger partial charge in [-0.2, -0.15) is 18.4 Å². The van der Waals surface area contributed by atoms with Gasteiger partial charge in [0.25, 0.3) is 0 Å². The molecule has 8 nitrogen and oxygen atoms in total. The van der Waals surface area contributed by atoms with E-state index >= 15 is 0 Å². The zero-order valence-electron chi connectivity index (χ0n) is 16.0. The predicted octanol–water partition coefficient (Wildman–Crippen LogP) is 2.62. The van der Waals surface area contributed by atoms with Gasteiger partial charge in [-0.15, -0.1) is 0 Å². The Hall–Kier alpha value is -3.13. The van der Waals surface area contributed by atoms with E-state index < -0.39 is 30.7 Å². The third kappa shape index (κ3) is 4.34. The smallest absolute Gasteiger partial charge is 0.369 e. The van der Waals surface area contributed by atoms with Crippen LogP contribution < -0.4 is 15.5 Å². The molecule has 1 fully saturated rings. The van der Waals surface area contributed by atoms with Crippen molar-refractivity contribution in [3.63, 3.8) is 0 Å². The molecule has 2 aromatic rings. The number of nitrogens with one attached hydrogen (secondary N) is 2. The van der Waals surface area contributed by atoms with Crippen molar-refractivity contribution in [2.45, 2.75) is 37.0 Å². The zero-order chi connectivity index (χ0) is 22.2. The quantitative estimate of drug-likeness (QED) is 0.735. The number of hydrogen-bond acceptors (Lipinski definition) is 7. The van der Waals surface area contributed by atoms with Crippen LogP contribution in [0.1, 0.15) is 30.1 Å². The molecule has 1 amide bonds. The topological polar surface area (TPSA) is 107 Å². The minimum atomic E-state index is -4.52. The van der Waals surface area contributed by atoms with Crippen LogP contribution in [0, 0.1) is 11.3 Å². The molecule has 12 heteroatoms. The Kier molecular flexibility index (Phi) is 5.58. The van der Waals surface area contributed by atoms with Crippen molar-refractivity contribution in [3.8, 4) is 6.07 Å². The van der Waals surface area contributed by atoms with Gasteiger partial charge >= 0.3 is 6.18 Å². The van der Waals surface area contributed by atoms with Gasteiger partial charge in [-0.25, -0.2) is 15.0 Å². The van der Waals surface area contributed by atoms with Crippen LogP contribution in [0.25, 0.3) is 0 Å². The third-order valence-electron chi connectivity index (χ3n) is 5.27. The normalized spacial score (nSPS) is 22.5. The maximum absolute atomic E-state index is 12.5. The Labute approximate surface area is 180 Å². The van der Waals surface area contributed by atoms with E-state index in [0.29, 0.717) is 35.4 Å². The van der Waals surface area contributed by atoms with Crippen molar-refractivity contribution in [3.05, 3.63) is 40.9 Å². The van der Waals surface area contributed by atoms with Gasteiger partial charge in [0.05, 0.1) is 17.0 Å². The van der Waals surface area contributed by atoms with Crippen LogP contribution in [0.4, 0.5) is 24.8 Å². The van der Waals surface area contributed by atoms with Crippen LogP contribution in [0.2, 0.25) is 5.02 Å². The number of nitriles is 1. The summed E-state index contributed by atoms with van der Waals surface area (Å²) < 4.78 is 37.6. The number of hydrogen-bond donors (Lipinski definition) is 2. The van der Waals surface area contributed by atoms with Crippen LogP contribution in [-0.4, -0.2) is 52.2 Å². The van der Waals surface area contributed by atoms with Crippen molar-refractivity contribution < 1.29 is 18.0 Å². The number of anilines is 2. The van der Waals surface area contributed by atoms with E-state index in [0.717, 1.165) is 5.56 Å². The summed E-state index contributed by atoms with van der Waals surface area (Å²) >= 11 is 6.06. The second-order valence-electron chi connectivity index (χ2n) is 7.28. The maximum Gasteiger partial charge on any atom is 0.405 e. The molecule has 4 heterocycles. The molecule has 31 heavy (non-hydrogen) atoms. The molecule has 2 aliphatic heterocycles. The second-order valence-corrected chi connectivity index (χ2v) is 7.71. The molecule has 0 aliphatic carbocycles. The van der Waals surface area contributed by atoms with Gasteiger partial charge in [-0.05, 0) is 25.0 Å². The van der Waals surface area contributed by atoms with Crippen LogP contribution in [0.15, 0.2) is 24.5 Å². The average Bonchev–Trinajstić information content (AvgIpc) is 3.35. The minimum absolute atomic E-state index is 0.245. The standard InChI is InChI=1S/C19H17ClF3N7O/c20-10-5-12-13(8-27-16(12)26-7-10)17-25-4-3-15(29-17)30-11(6-24)1-2-14(30)18(31)28-9-19(21,22)23/h3-5,7,11,13-14H,1-2,8-9H2,(H,26,27)(H,28,31)/t11-,13?,14+/m0/s1. The van der Waals surface area contributed by atoms with Gasteiger partial charge < -0.3 is 15.5 Å². The predicted molar refractivity (Wildman–Crippen MR) is 106 cm³/mol. The summed E-state index contributed by atoms with van der Waals surface area (Å²) in [6.07, 6.45) is -0.903. The Morgan fingerprint density at radius 1 is 1.39 bits per heavy atom. The number of carbonyl (C=O) groups is 1. The van der Waals surface area contributed by atoms with E-state index in [1.165, 1.54) is 17.3 Å². The fourth-order valence-electron chi connectivity index (χ4n) is 3.90. The number of halogens is 4. The van der Waals surface area contributed by atoms with E-state index in [1.807, 2.05) is 5.32 Å². The molecule has 4 rings (SSSR count). The molecule has 2 N–H and O–H groups in total. The van der Waals surface area contributed by atoms with E-state index in [2.05, 4.69) is 26.3 Å². The van der Waals surface area contributed by atoms with Crippen molar-refractivity contribution in [2.24, 2.45) is 0 Å². The zero-order valence-corrected chi connectivity index (χ0v) is 16.8. The molecule has 0 spiro atoms. The first-order valence-electron chi connectivity index (χ1n) is 9.51. The van der Waals surface area contributed by atoms with Crippen molar-refractivity contribution in [2.75, 3.05) is 23.3 Å². The first-order chi connectivity index (χ1) is 14.8. The summed E-state index contributed by atoms with van der Waals surface area (Å²) in [7, 11) is 0. The first-order valence-corrected chi connectivity index (χ1v) is 9.89. The number of rotatable bonds is 4. The van der Waals surface area contributed by atoms with Crippen LogP contribution in [0.3, 0.4) is 0 Å². The van der Waals surface area contributed by atoms with E-state index in [9.17, 15) is 23.2 Å². The molecule has 0 saturated carbocycles. The van der Waals surface area contributed by atoms with Crippen molar-refractivity contribution >= 4 is 29.1 Å². The van der Waals surface area contributed by atoms with E-state index in [4.69, 9.17) is 11.6 Å². The first kappa shape index (κ1) is 21.1. The van der Waals surface area contributed by atoms with Gasteiger partial charge in [0, 0.05) is 24.5 Å². The highest BCUT2D eigenvalue weighted by Crippen LogP contribution is 2.36. The Balaban J connectivity index is 1.62. The highest BCUT2D eigenvalue weighted by molar-refractivity contribution is 6.30. The number of alkyl halides is 3. The highest BCUT2D eigenvalue weighted by atomic mass is 35.5. The third-order valence-corrected chi connectivity index (χ3v) is 5.48. The summed E-state index contributed by atoms with van der Waals surface area (Å²) in [6, 6.07) is 3.80. The van der Waals surface area contributed by atoms with Gasteiger partial charge in [0.15, 0.2) is 0 Å². The molecule has 0 radical (unpaired) electrons. The summed E-state index contributed by atoms with van der Waals surface area (Å²) in [5.41, 5.74) is 0.822.